The van der Waals surface area contributed by atoms with E-state index in [1.807, 2.05) is 19.4 Å². The third-order valence-corrected chi connectivity index (χ3v) is 3.88. The van der Waals surface area contributed by atoms with E-state index in [9.17, 15) is 0 Å². The van der Waals surface area contributed by atoms with Crippen molar-refractivity contribution in [1.82, 2.24) is 25.4 Å². The molecule has 2 rings (SSSR count). The Balaban J connectivity index is 1.82. The van der Waals surface area contributed by atoms with Crippen LogP contribution in [-0.4, -0.2) is 27.8 Å². The Labute approximate surface area is 129 Å². The zero-order chi connectivity index (χ0) is 15.2. The standard InChI is InChI=1S/C14H22N6S/c1-10(2)12-9-21-13(19-12)7-17-14(15-3)16-5-11-6-18-20(4)8-11/h6,8-10H,5,7H2,1-4H3,(H2,15,16,17). The molecule has 0 aliphatic heterocycles. The lowest BCUT2D eigenvalue weighted by Gasteiger charge is -2.09. The predicted octanol–water partition coefficient (Wildman–Crippen LogP) is 1.87. The molecule has 6 nitrogen and oxygen atoms in total. The van der Waals surface area contributed by atoms with Gasteiger partial charge in [0.15, 0.2) is 5.96 Å². The molecule has 21 heavy (non-hydrogen) atoms. The smallest absolute Gasteiger partial charge is 0.191 e. The zero-order valence-corrected chi connectivity index (χ0v) is 13.7. The van der Waals surface area contributed by atoms with Crippen molar-refractivity contribution in [3.8, 4) is 0 Å². The highest BCUT2D eigenvalue weighted by molar-refractivity contribution is 7.09. The number of hydrogen-bond acceptors (Lipinski definition) is 4. The number of nitrogens with one attached hydrogen (secondary N) is 2. The minimum Gasteiger partial charge on any atom is -0.352 e. The van der Waals surface area contributed by atoms with Crippen LogP contribution in [0.5, 0.6) is 0 Å². The maximum absolute atomic E-state index is 4.60. The molecule has 0 fully saturated rings. The Hall–Kier alpha value is -1.89. The third-order valence-electron chi connectivity index (χ3n) is 3.01. The van der Waals surface area contributed by atoms with E-state index in [4.69, 9.17) is 0 Å². The molecule has 2 aromatic rings. The number of aryl methyl sites for hydroxylation is 1. The Kier molecular flexibility index (Phi) is 5.32. The van der Waals surface area contributed by atoms with E-state index >= 15 is 0 Å². The normalized spacial score (nSPS) is 12.0. The van der Waals surface area contributed by atoms with E-state index in [1.165, 1.54) is 0 Å². The van der Waals surface area contributed by atoms with Crippen molar-refractivity contribution < 1.29 is 0 Å². The van der Waals surface area contributed by atoms with Gasteiger partial charge >= 0.3 is 0 Å². The first-order valence-electron chi connectivity index (χ1n) is 6.95. The number of guanidine groups is 1. The molecule has 0 saturated heterocycles. The topological polar surface area (TPSA) is 67.1 Å². The first-order chi connectivity index (χ1) is 10.1. The summed E-state index contributed by atoms with van der Waals surface area (Å²) in [6.07, 6.45) is 3.83. The lowest BCUT2D eigenvalue weighted by molar-refractivity contribution is 0.764. The predicted molar refractivity (Wildman–Crippen MR) is 86.4 cm³/mol. The molecule has 0 unspecified atom stereocenters. The van der Waals surface area contributed by atoms with E-state index < -0.39 is 0 Å². The van der Waals surface area contributed by atoms with Crippen LogP contribution in [0.15, 0.2) is 22.8 Å². The minimum atomic E-state index is 0.470. The fraction of sp³-hybridized carbons (Fsp3) is 0.500. The summed E-state index contributed by atoms with van der Waals surface area (Å²) in [5.41, 5.74) is 2.27. The van der Waals surface area contributed by atoms with Gasteiger partial charge in [0.2, 0.25) is 0 Å². The highest BCUT2D eigenvalue weighted by Gasteiger charge is 2.06. The fourth-order valence-corrected chi connectivity index (χ4v) is 2.70. The van der Waals surface area contributed by atoms with Gasteiger partial charge in [-0.05, 0) is 5.92 Å². The van der Waals surface area contributed by atoms with E-state index in [1.54, 1.807) is 23.1 Å². The van der Waals surface area contributed by atoms with E-state index in [2.05, 4.69) is 44.9 Å². The molecule has 7 heteroatoms. The van der Waals surface area contributed by atoms with Crippen molar-refractivity contribution >= 4 is 17.3 Å². The summed E-state index contributed by atoms with van der Waals surface area (Å²) < 4.78 is 1.79. The Morgan fingerprint density at radius 1 is 1.38 bits per heavy atom. The van der Waals surface area contributed by atoms with Crippen molar-refractivity contribution in [2.45, 2.75) is 32.9 Å². The lowest BCUT2D eigenvalue weighted by Crippen LogP contribution is -2.36. The van der Waals surface area contributed by atoms with Gasteiger partial charge in [0.25, 0.3) is 0 Å². The molecule has 0 saturated carbocycles. The van der Waals surface area contributed by atoms with Crippen LogP contribution in [0.25, 0.3) is 0 Å². The molecule has 114 valence electrons. The Morgan fingerprint density at radius 2 is 2.14 bits per heavy atom. The van der Waals surface area contributed by atoms with Crippen molar-refractivity contribution in [2.24, 2.45) is 12.0 Å². The molecular formula is C14H22N6S. The maximum atomic E-state index is 4.60. The second-order valence-electron chi connectivity index (χ2n) is 5.12. The summed E-state index contributed by atoms with van der Waals surface area (Å²) in [5, 5.41) is 13.9. The molecule has 0 atom stereocenters. The third kappa shape index (κ3) is 4.56. The summed E-state index contributed by atoms with van der Waals surface area (Å²) in [6.45, 7) is 5.69. The number of hydrogen-bond donors (Lipinski definition) is 2. The van der Waals surface area contributed by atoms with Crippen molar-refractivity contribution in [1.29, 1.82) is 0 Å². The number of thiazole rings is 1. The highest BCUT2D eigenvalue weighted by Crippen LogP contribution is 2.17. The first-order valence-corrected chi connectivity index (χ1v) is 7.82. The average molecular weight is 306 g/mol. The van der Waals surface area contributed by atoms with Crippen LogP contribution >= 0.6 is 11.3 Å². The second-order valence-corrected chi connectivity index (χ2v) is 6.07. The van der Waals surface area contributed by atoms with Crippen LogP contribution < -0.4 is 10.6 Å². The summed E-state index contributed by atoms with van der Waals surface area (Å²) in [7, 11) is 3.67. The number of rotatable bonds is 5. The minimum absolute atomic E-state index is 0.470. The number of nitrogens with zero attached hydrogens (tertiary/aromatic N) is 4. The molecule has 0 radical (unpaired) electrons. The molecular weight excluding hydrogens is 284 g/mol. The molecule has 0 aliphatic rings. The Bertz CT molecular complexity index is 598. The van der Waals surface area contributed by atoms with Gasteiger partial charge in [-0.15, -0.1) is 11.3 Å². The fourth-order valence-electron chi connectivity index (χ4n) is 1.80. The summed E-state index contributed by atoms with van der Waals surface area (Å²) in [6, 6.07) is 0. The molecule has 0 amide bonds. The van der Waals surface area contributed by atoms with Crippen LogP contribution in [0.4, 0.5) is 0 Å². The van der Waals surface area contributed by atoms with Gasteiger partial charge in [-0.1, -0.05) is 13.8 Å². The summed E-state index contributed by atoms with van der Waals surface area (Å²) in [5.74, 6) is 1.23. The lowest BCUT2D eigenvalue weighted by atomic mass is 10.2. The van der Waals surface area contributed by atoms with Crippen LogP contribution in [0, 0.1) is 0 Å². The van der Waals surface area contributed by atoms with Gasteiger partial charge < -0.3 is 10.6 Å². The second kappa shape index (κ2) is 7.21. The SMILES string of the molecule is CN=C(NCc1cnn(C)c1)NCc1nc(C(C)C)cs1. The monoisotopic (exact) mass is 306 g/mol. The van der Waals surface area contributed by atoms with Crippen molar-refractivity contribution in [3.63, 3.8) is 0 Å². The van der Waals surface area contributed by atoms with Gasteiger partial charge in [-0.25, -0.2) is 4.98 Å². The molecule has 2 aromatic heterocycles. The quantitative estimate of drug-likeness (QED) is 0.654. The molecule has 2 heterocycles. The zero-order valence-electron chi connectivity index (χ0n) is 12.9. The van der Waals surface area contributed by atoms with Crippen LogP contribution in [0.3, 0.4) is 0 Å². The number of aromatic nitrogens is 3. The molecule has 0 aliphatic carbocycles. The van der Waals surface area contributed by atoms with Crippen LogP contribution in [0.2, 0.25) is 0 Å². The van der Waals surface area contributed by atoms with Crippen LogP contribution in [0.1, 0.15) is 36.0 Å². The highest BCUT2D eigenvalue weighted by atomic mass is 32.1. The molecule has 0 spiro atoms. The van der Waals surface area contributed by atoms with Gasteiger partial charge in [0.05, 0.1) is 18.4 Å². The number of aliphatic imine (C=N–C) groups is 1. The average Bonchev–Trinajstić information content (AvgIpc) is 3.08. The van der Waals surface area contributed by atoms with E-state index in [-0.39, 0.29) is 0 Å². The molecule has 0 aromatic carbocycles. The van der Waals surface area contributed by atoms with Crippen molar-refractivity contribution in [2.75, 3.05) is 7.05 Å². The largest absolute Gasteiger partial charge is 0.352 e. The maximum Gasteiger partial charge on any atom is 0.191 e. The molecule has 0 bridgehead atoms. The summed E-state index contributed by atoms with van der Waals surface area (Å²) >= 11 is 1.68. The Morgan fingerprint density at radius 3 is 2.71 bits per heavy atom. The van der Waals surface area contributed by atoms with Gasteiger partial charge in [-0.3, -0.25) is 9.67 Å². The molecule has 2 N–H and O–H groups in total. The first kappa shape index (κ1) is 15.5. The van der Waals surface area contributed by atoms with Gasteiger partial charge in [0, 0.05) is 37.8 Å². The summed E-state index contributed by atoms with van der Waals surface area (Å²) in [4.78, 5) is 8.81. The van der Waals surface area contributed by atoms with E-state index in [0.29, 0.717) is 19.0 Å². The van der Waals surface area contributed by atoms with Crippen molar-refractivity contribution in [3.05, 3.63) is 34.0 Å². The van der Waals surface area contributed by atoms with E-state index in [0.717, 1.165) is 22.2 Å². The van der Waals surface area contributed by atoms with Gasteiger partial charge in [-0.2, -0.15) is 5.10 Å². The van der Waals surface area contributed by atoms with Crippen LogP contribution in [-0.2, 0) is 20.1 Å². The van der Waals surface area contributed by atoms with Gasteiger partial charge in [0.1, 0.15) is 5.01 Å².